The van der Waals surface area contributed by atoms with Gasteiger partial charge in [0, 0.05) is 47.3 Å². The molecule has 1 aliphatic rings. The molecule has 0 N–H and O–H groups in total. The van der Waals surface area contributed by atoms with E-state index in [9.17, 15) is 18.0 Å². The minimum atomic E-state index is -3.83. The van der Waals surface area contributed by atoms with Crippen molar-refractivity contribution in [3.8, 4) is 6.07 Å². The highest BCUT2D eigenvalue weighted by Gasteiger charge is 2.26. The molecule has 0 atom stereocenters. The lowest BCUT2D eigenvalue weighted by Gasteiger charge is -2.24. The van der Waals surface area contributed by atoms with Crippen LogP contribution < -0.4 is 0 Å². The van der Waals surface area contributed by atoms with Crippen molar-refractivity contribution in [1.29, 1.82) is 5.26 Å². The molecule has 29 heavy (non-hydrogen) atoms. The van der Waals surface area contributed by atoms with Crippen LogP contribution in [-0.4, -0.2) is 99.6 Å². The summed E-state index contributed by atoms with van der Waals surface area (Å²) in [5, 5.41) is 8.84. The van der Waals surface area contributed by atoms with E-state index < -0.39 is 10.0 Å². The SMILES string of the molecule is CN(C)C(=O)CN1CCCN(C(=O)CN(C)S(=O)(=O)c2ccc(C#N)cc2)CC1. The first-order valence-electron chi connectivity index (χ1n) is 9.32. The highest BCUT2D eigenvalue weighted by Crippen LogP contribution is 2.15. The number of carbonyl (C=O) groups is 2. The Balaban J connectivity index is 1.96. The molecule has 1 heterocycles. The van der Waals surface area contributed by atoms with Crippen molar-refractivity contribution in [2.45, 2.75) is 11.3 Å². The van der Waals surface area contributed by atoms with Crippen LogP contribution >= 0.6 is 0 Å². The summed E-state index contributed by atoms with van der Waals surface area (Å²) in [6, 6.07) is 7.53. The van der Waals surface area contributed by atoms with E-state index in [4.69, 9.17) is 5.26 Å². The summed E-state index contributed by atoms with van der Waals surface area (Å²) in [6.45, 7) is 2.29. The van der Waals surface area contributed by atoms with Gasteiger partial charge in [-0.2, -0.15) is 9.57 Å². The third-order valence-corrected chi connectivity index (χ3v) is 6.67. The molecular formula is C19H27N5O4S. The predicted molar refractivity (Wildman–Crippen MR) is 107 cm³/mol. The van der Waals surface area contributed by atoms with E-state index in [1.807, 2.05) is 11.0 Å². The number of hydrogen-bond acceptors (Lipinski definition) is 6. The molecule has 1 aromatic rings. The monoisotopic (exact) mass is 421 g/mol. The van der Waals surface area contributed by atoms with E-state index in [2.05, 4.69) is 0 Å². The second-order valence-corrected chi connectivity index (χ2v) is 9.24. The van der Waals surface area contributed by atoms with Gasteiger partial charge in [-0.3, -0.25) is 14.5 Å². The summed E-state index contributed by atoms with van der Waals surface area (Å²) in [6.07, 6.45) is 0.721. The number of nitriles is 1. The molecule has 0 spiro atoms. The molecule has 0 aromatic heterocycles. The maximum Gasteiger partial charge on any atom is 0.243 e. The van der Waals surface area contributed by atoms with Crippen molar-refractivity contribution in [1.82, 2.24) is 19.0 Å². The van der Waals surface area contributed by atoms with Gasteiger partial charge in [-0.15, -0.1) is 0 Å². The molecule has 158 valence electrons. The number of carbonyl (C=O) groups excluding carboxylic acids is 2. The number of amides is 2. The molecule has 1 aliphatic heterocycles. The Bertz CT molecular complexity index is 877. The lowest BCUT2D eigenvalue weighted by molar-refractivity contribution is -0.131. The van der Waals surface area contributed by atoms with E-state index in [1.165, 1.54) is 36.2 Å². The molecule has 9 nitrogen and oxygen atoms in total. The van der Waals surface area contributed by atoms with Crippen LogP contribution in [0.5, 0.6) is 0 Å². The number of rotatable bonds is 6. The predicted octanol–water partition coefficient (Wildman–Crippen LogP) is -0.199. The Morgan fingerprint density at radius 1 is 1.07 bits per heavy atom. The average molecular weight is 422 g/mol. The molecule has 2 rings (SSSR count). The van der Waals surface area contributed by atoms with Gasteiger partial charge >= 0.3 is 0 Å². The summed E-state index contributed by atoms with van der Waals surface area (Å²) >= 11 is 0. The van der Waals surface area contributed by atoms with E-state index in [0.29, 0.717) is 38.3 Å². The first kappa shape index (κ1) is 22.8. The molecule has 0 radical (unpaired) electrons. The molecule has 0 bridgehead atoms. The Labute approximate surface area is 172 Å². The van der Waals surface area contributed by atoms with Crippen LogP contribution in [0, 0.1) is 11.3 Å². The average Bonchev–Trinajstić information content (AvgIpc) is 2.93. The Hall–Kier alpha value is -2.48. The normalized spacial score (nSPS) is 15.6. The smallest absolute Gasteiger partial charge is 0.243 e. The molecule has 2 amide bonds. The number of hydrogen-bond donors (Lipinski definition) is 0. The topological polar surface area (TPSA) is 105 Å². The first-order valence-corrected chi connectivity index (χ1v) is 10.8. The van der Waals surface area contributed by atoms with Crippen molar-refractivity contribution < 1.29 is 18.0 Å². The maximum absolute atomic E-state index is 12.7. The zero-order chi connectivity index (χ0) is 21.6. The summed E-state index contributed by atoms with van der Waals surface area (Å²) in [7, 11) is 0.956. The second kappa shape index (κ2) is 9.82. The molecule has 0 aliphatic carbocycles. The maximum atomic E-state index is 12.7. The molecular weight excluding hydrogens is 394 g/mol. The van der Waals surface area contributed by atoms with Crippen molar-refractivity contribution >= 4 is 21.8 Å². The molecule has 1 saturated heterocycles. The first-order chi connectivity index (χ1) is 13.6. The van der Waals surface area contributed by atoms with Gasteiger partial charge in [-0.1, -0.05) is 0 Å². The van der Waals surface area contributed by atoms with E-state index in [-0.39, 0.29) is 23.3 Å². The summed E-state index contributed by atoms with van der Waals surface area (Å²) in [4.78, 5) is 29.8. The van der Waals surface area contributed by atoms with Crippen molar-refractivity contribution in [3.63, 3.8) is 0 Å². The summed E-state index contributed by atoms with van der Waals surface area (Å²) < 4.78 is 26.4. The van der Waals surface area contributed by atoms with Crippen molar-refractivity contribution in [3.05, 3.63) is 29.8 Å². The number of likely N-dealkylation sites (N-methyl/N-ethyl adjacent to an activating group) is 2. The Kier molecular flexibility index (Phi) is 7.73. The van der Waals surface area contributed by atoms with Crippen LogP contribution in [0.15, 0.2) is 29.2 Å². The lowest BCUT2D eigenvalue weighted by Crippen LogP contribution is -2.43. The van der Waals surface area contributed by atoms with Gasteiger partial charge < -0.3 is 9.80 Å². The van der Waals surface area contributed by atoms with E-state index in [1.54, 1.807) is 19.0 Å². The fraction of sp³-hybridized carbons (Fsp3) is 0.526. The van der Waals surface area contributed by atoms with Crippen molar-refractivity contribution in [2.75, 3.05) is 60.4 Å². The van der Waals surface area contributed by atoms with Crippen LogP contribution in [0.1, 0.15) is 12.0 Å². The van der Waals surface area contributed by atoms with E-state index in [0.717, 1.165) is 10.7 Å². The van der Waals surface area contributed by atoms with Gasteiger partial charge in [0.1, 0.15) is 0 Å². The largest absolute Gasteiger partial charge is 0.348 e. The number of sulfonamides is 1. The highest BCUT2D eigenvalue weighted by atomic mass is 32.2. The van der Waals surface area contributed by atoms with Crippen LogP contribution in [0.4, 0.5) is 0 Å². The van der Waals surface area contributed by atoms with Gasteiger partial charge in [0.25, 0.3) is 0 Å². The second-order valence-electron chi connectivity index (χ2n) is 7.20. The van der Waals surface area contributed by atoms with Crippen LogP contribution in [0.25, 0.3) is 0 Å². The van der Waals surface area contributed by atoms with Crippen LogP contribution in [0.3, 0.4) is 0 Å². The fourth-order valence-corrected chi connectivity index (χ4v) is 4.09. The van der Waals surface area contributed by atoms with Crippen molar-refractivity contribution in [2.24, 2.45) is 0 Å². The zero-order valence-electron chi connectivity index (χ0n) is 17.0. The summed E-state index contributed by atoms with van der Waals surface area (Å²) in [5.41, 5.74) is 0.365. The summed E-state index contributed by atoms with van der Waals surface area (Å²) in [5.74, 6) is -0.261. The van der Waals surface area contributed by atoms with Gasteiger partial charge in [-0.25, -0.2) is 8.42 Å². The lowest BCUT2D eigenvalue weighted by atomic mass is 10.2. The molecule has 0 saturated carbocycles. The van der Waals surface area contributed by atoms with E-state index >= 15 is 0 Å². The third kappa shape index (κ3) is 6.00. The van der Waals surface area contributed by atoms with Gasteiger partial charge in [0.15, 0.2) is 0 Å². The van der Waals surface area contributed by atoms with Gasteiger partial charge in [-0.05, 0) is 30.7 Å². The van der Waals surface area contributed by atoms with Gasteiger partial charge in [0.2, 0.25) is 21.8 Å². The van der Waals surface area contributed by atoms with Crippen LogP contribution in [-0.2, 0) is 19.6 Å². The third-order valence-electron chi connectivity index (χ3n) is 4.85. The molecule has 1 fully saturated rings. The van der Waals surface area contributed by atoms with Crippen LogP contribution in [0.2, 0.25) is 0 Å². The zero-order valence-corrected chi connectivity index (χ0v) is 17.9. The number of benzene rings is 1. The molecule has 1 aromatic carbocycles. The highest BCUT2D eigenvalue weighted by molar-refractivity contribution is 7.89. The number of nitrogens with zero attached hydrogens (tertiary/aromatic N) is 5. The molecule has 10 heteroatoms. The molecule has 0 unspecified atom stereocenters. The Morgan fingerprint density at radius 3 is 2.31 bits per heavy atom. The minimum Gasteiger partial charge on any atom is -0.348 e. The standard InChI is InChI=1S/C19H27N5O4S/c1-21(2)18(25)15-23-9-4-10-24(12-11-23)19(26)14-22(3)29(27,28)17-7-5-16(13-20)6-8-17/h5-8H,4,9-12,14-15H2,1-3H3. The Morgan fingerprint density at radius 2 is 1.72 bits per heavy atom. The quantitative estimate of drug-likeness (QED) is 0.630. The van der Waals surface area contributed by atoms with Gasteiger partial charge in [0.05, 0.1) is 29.6 Å². The minimum absolute atomic E-state index is 0.0121. The fourth-order valence-electron chi connectivity index (χ4n) is 2.97.